The maximum atomic E-state index is 10.3. The summed E-state index contributed by atoms with van der Waals surface area (Å²) in [6, 6.07) is 5.94. The van der Waals surface area contributed by atoms with Gasteiger partial charge in [0.2, 0.25) is 0 Å². The molecule has 0 radical (unpaired) electrons. The van der Waals surface area contributed by atoms with E-state index in [1.54, 1.807) is 7.11 Å². The second-order valence-corrected chi connectivity index (χ2v) is 5.45. The maximum Gasteiger partial charge on any atom is 0.161 e. The summed E-state index contributed by atoms with van der Waals surface area (Å²) < 4.78 is 10.8. The molecule has 0 atom stereocenters. The molecule has 0 saturated heterocycles. The molecule has 0 spiro atoms. The molecule has 112 valence electrons. The molecule has 1 saturated carbocycles. The summed E-state index contributed by atoms with van der Waals surface area (Å²) >= 11 is 0. The zero-order valence-electron chi connectivity index (χ0n) is 12.4. The summed E-state index contributed by atoms with van der Waals surface area (Å²) in [4.78, 5) is 0. The lowest BCUT2D eigenvalue weighted by atomic mass is 10.0. The molecule has 1 aromatic carbocycles. The fraction of sp³-hybridized carbons (Fsp3) is 0.625. The van der Waals surface area contributed by atoms with Crippen LogP contribution in [0.1, 0.15) is 38.2 Å². The Labute approximate surface area is 121 Å². The van der Waals surface area contributed by atoms with Crippen molar-refractivity contribution in [3.63, 3.8) is 0 Å². The van der Waals surface area contributed by atoms with E-state index >= 15 is 0 Å². The summed E-state index contributed by atoms with van der Waals surface area (Å²) in [5.41, 5.74) is 0.630. The minimum absolute atomic E-state index is 0.505. The molecular weight excluding hydrogens is 254 g/mol. The molecule has 1 fully saturated rings. The van der Waals surface area contributed by atoms with Crippen LogP contribution in [0.5, 0.6) is 11.5 Å². The van der Waals surface area contributed by atoms with Gasteiger partial charge in [-0.05, 0) is 37.5 Å². The van der Waals surface area contributed by atoms with E-state index in [9.17, 15) is 5.11 Å². The zero-order chi connectivity index (χ0) is 14.4. The zero-order valence-corrected chi connectivity index (χ0v) is 12.4. The predicted octanol–water partition coefficient (Wildman–Crippen LogP) is 2.49. The number of hydrogen-bond donors (Lipinski definition) is 2. The lowest BCUT2D eigenvalue weighted by molar-refractivity contribution is 0.0475. The lowest BCUT2D eigenvalue weighted by Gasteiger charge is -2.22. The summed E-state index contributed by atoms with van der Waals surface area (Å²) in [5, 5.41) is 13.6. The van der Waals surface area contributed by atoms with Crippen molar-refractivity contribution in [2.75, 3.05) is 20.3 Å². The van der Waals surface area contributed by atoms with Crippen LogP contribution in [0, 0.1) is 0 Å². The highest BCUT2D eigenvalue weighted by molar-refractivity contribution is 5.42. The SMILES string of the molecule is CCOc1cc(CNCC2(O)CCCC2)ccc1OC. The highest BCUT2D eigenvalue weighted by atomic mass is 16.5. The molecule has 0 heterocycles. The van der Waals surface area contributed by atoms with Crippen molar-refractivity contribution in [2.45, 2.75) is 44.8 Å². The first-order valence-electron chi connectivity index (χ1n) is 7.40. The van der Waals surface area contributed by atoms with Gasteiger partial charge in [-0.15, -0.1) is 0 Å². The van der Waals surface area contributed by atoms with Crippen molar-refractivity contribution in [3.8, 4) is 11.5 Å². The first-order chi connectivity index (χ1) is 9.67. The Bertz CT molecular complexity index is 428. The van der Waals surface area contributed by atoms with Gasteiger partial charge in [0.05, 0.1) is 19.3 Å². The Morgan fingerprint density at radius 3 is 2.65 bits per heavy atom. The normalized spacial score (nSPS) is 17.1. The van der Waals surface area contributed by atoms with Crippen LogP contribution < -0.4 is 14.8 Å². The lowest BCUT2D eigenvalue weighted by Crippen LogP contribution is -2.37. The molecule has 4 heteroatoms. The number of benzene rings is 1. The van der Waals surface area contributed by atoms with Crippen LogP contribution in [-0.2, 0) is 6.54 Å². The van der Waals surface area contributed by atoms with Crippen LogP contribution >= 0.6 is 0 Å². The number of aliphatic hydroxyl groups is 1. The molecule has 2 rings (SSSR count). The standard InChI is InChI=1S/C16H25NO3/c1-3-20-15-10-13(6-7-14(15)19-2)11-17-12-16(18)8-4-5-9-16/h6-7,10,17-18H,3-5,8-9,11-12H2,1-2H3. The Morgan fingerprint density at radius 1 is 1.25 bits per heavy atom. The Hall–Kier alpha value is -1.26. The second kappa shape index (κ2) is 6.95. The topological polar surface area (TPSA) is 50.7 Å². The van der Waals surface area contributed by atoms with Gasteiger partial charge in [-0.25, -0.2) is 0 Å². The number of rotatable bonds is 7. The highest BCUT2D eigenvalue weighted by Gasteiger charge is 2.30. The van der Waals surface area contributed by atoms with Gasteiger partial charge < -0.3 is 19.9 Å². The van der Waals surface area contributed by atoms with Crippen LogP contribution in [0.25, 0.3) is 0 Å². The van der Waals surface area contributed by atoms with Crippen LogP contribution in [0.3, 0.4) is 0 Å². The third-order valence-corrected chi connectivity index (χ3v) is 3.85. The first-order valence-corrected chi connectivity index (χ1v) is 7.40. The van der Waals surface area contributed by atoms with E-state index in [-0.39, 0.29) is 0 Å². The van der Waals surface area contributed by atoms with E-state index in [0.717, 1.165) is 49.3 Å². The first kappa shape index (κ1) is 15.1. The number of methoxy groups -OCH3 is 1. The molecular formula is C16H25NO3. The van der Waals surface area contributed by atoms with Crippen molar-refractivity contribution in [1.29, 1.82) is 0 Å². The molecule has 1 aromatic rings. The molecule has 1 aliphatic rings. The molecule has 1 aliphatic carbocycles. The molecule has 0 aliphatic heterocycles. The molecule has 0 aromatic heterocycles. The molecule has 2 N–H and O–H groups in total. The fourth-order valence-electron chi connectivity index (χ4n) is 2.75. The van der Waals surface area contributed by atoms with Crippen molar-refractivity contribution >= 4 is 0 Å². The largest absolute Gasteiger partial charge is 0.493 e. The van der Waals surface area contributed by atoms with E-state index in [1.807, 2.05) is 25.1 Å². The molecule has 0 amide bonds. The maximum absolute atomic E-state index is 10.3. The summed E-state index contributed by atoms with van der Waals surface area (Å²) in [7, 11) is 1.64. The average Bonchev–Trinajstić information content (AvgIpc) is 2.86. The van der Waals surface area contributed by atoms with E-state index in [0.29, 0.717) is 13.2 Å². The Balaban J connectivity index is 1.90. The second-order valence-electron chi connectivity index (χ2n) is 5.45. The molecule has 4 nitrogen and oxygen atoms in total. The van der Waals surface area contributed by atoms with Gasteiger partial charge in [-0.2, -0.15) is 0 Å². The predicted molar refractivity (Wildman–Crippen MR) is 79.3 cm³/mol. The summed E-state index contributed by atoms with van der Waals surface area (Å²) in [5.74, 6) is 1.53. The van der Waals surface area contributed by atoms with Gasteiger partial charge in [0.15, 0.2) is 11.5 Å². The Morgan fingerprint density at radius 2 is 2.00 bits per heavy atom. The van der Waals surface area contributed by atoms with Gasteiger partial charge >= 0.3 is 0 Å². The van der Waals surface area contributed by atoms with Crippen molar-refractivity contribution < 1.29 is 14.6 Å². The quantitative estimate of drug-likeness (QED) is 0.805. The molecule has 20 heavy (non-hydrogen) atoms. The highest BCUT2D eigenvalue weighted by Crippen LogP contribution is 2.29. The number of hydrogen-bond acceptors (Lipinski definition) is 4. The summed E-state index contributed by atoms with van der Waals surface area (Å²) in [6.07, 6.45) is 4.09. The van der Waals surface area contributed by atoms with Crippen molar-refractivity contribution in [2.24, 2.45) is 0 Å². The van der Waals surface area contributed by atoms with Crippen LogP contribution in [-0.4, -0.2) is 31.0 Å². The third-order valence-electron chi connectivity index (χ3n) is 3.85. The van der Waals surface area contributed by atoms with Gasteiger partial charge in [0.1, 0.15) is 0 Å². The molecule has 0 unspecified atom stereocenters. The molecule has 0 bridgehead atoms. The van der Waals surface area contributed by atoms with Gasteiger partial charge in [0.25, 0.3) is 0 Å². The monoisotopic (exact) mass is 279 g/mol. The smallest absolute Gasteiger partial charge is 0.161 e. The number of ether oxygens (including phenoxy) is 2. The van der Waals surface area contributed by atoms with Crippen LogP contribution in [0.4, 0.5) is 0 Å². The third kappa shape index (κ3) is 3.87. The Kier molecular flexibility index (Phi) is 5.26. The van der Waals surface area contributed by atoms with Gasteiger partial charge in [-0.3, -0.25) is 0 Å². The van der Waals surface area contributed by atoms with E-state index in [4.69, 9.17) is 9.47 Å². The van der Waals surface area contributed by atoms with Gasteiger partial charge in [-0.1, -0.05) is 18.9 Å². The van der Waals surface area contributed by atoms with Crippen molar-refractivity contribution in [1.82, 2.24) is 5.32 Å². The summed E-state index contributed by atoms with van der Waals surface area (Å²) in [6.45, 7) is 3.96. The average molecular weight is 279 g/mol. The van der Waals surface area contributed by atoms with E-state index < -0.39 is 5.60 Å². The van der Waals surface area contributed by atoms with Crippen LogP contribution in [0.15, 0.2) is 18.2 Å². The van der Waals surface area contributed by atoms with E-state index in [1.165, 1.54) is 0 Å². The minimum Gasteiger partial charge on any atom is -0.493 e. The van der Waals surface area contributed by atoms with E-state index in [2.05, 4.69) is 5.32 Å². The minimum atomic E-state index is -0.505. The van der Waals surface area contributed by atoms with Gasteiger partial charge in [0, 0.05) is 13.1 Å². The van der Waals surface area contributed by atoms with Crippen molar-refractivity contribution in [3.05, 3.63) is 23.8 Å². The fourth-order valence-corrected chi connectivity index (χ4v) is 2.75. The van der Waals surface area contributed by atoms with Crippen LogP contribution in [0.2, 0.25) is 0 Å². The number of nitrogens with one attached hydrogen (secondary N) is 1.